The number of hydrogen-bond donors (Lipinski definition) is 0. The lowest BCUT2D eigenvalue weighted by atomic mass is 10.1. The molecule has 2 saturated heterocycles. The van der Waals surface area contributed by atoms with Crippen molar-refractivity contribution in [2.24, 2.45) is 0 Å². The van der Waals surface area contributed by atoms with Crippen LogP contribution >= 0.6 is 23.2 Å². The Labute approximate surface area is 225 Å². The Kier molecular flexibility index (Phi) is 6.06. The number of piperazine rings is 1. The van der Waals surface area contributed by atoms with Gasteiger partial charge in [-0.05, 0) is 30.7 Å². The number of anilines is 1. The van der Waals surface area contributed by atoms with Gasteiger partial charge < -0.3 is 4.90 Å². The summed E-state index contributed by atoms with van der Waals surface area (Å²) in [5, 5.41) is 5.87. The number of aromatic nitrogens is 4. The summed E-state index contributed by atoms with van der Waals surface area (Å²) in [6.45, 7) is 0.146. The second-order valence-corrected chi connectivity index (χ2v) is 12.0. The smallest absolute Gasteiger partial charge is 0.349 e. The monoisotopic (exact) mass is 582 g/mol. The number of para-hydroxylation sites is 1. The van der Waals surface area contributed by atoms with Gasteiger partial charge in [-0.1, -0.05) is 47.5 Å². The Morgan fingerprint density at radius 1 is 0.947 bits per heavy atom. The molecule has 2 fully saturated rings. The topological polar surface area (TPSA) is 84.2 Å². The minimum absolute atomic E-state index is 0.0517. The van der Waals surface area contributed by atoms with Gasteiger partial charge in [-0.15, -0.1) is 0 Å². The van der Waals surface area contributed by atoms with E-state index in [0.717, 1.165) is 9.87 Å². The normalized spacial score (nSPS) is 20.1. The van der Waals surface area contributed by atoms with Crippen LogP contribution in [0.5, 0.6) is 0 Å². The van der Waals surface area contributed by atoms with Crippen LogP contribution in [0.25, 0.3) is 28.0 Å². The molecule has 0 radical (unpaired) electrons. The zero-order chi connectivity index (χ0) is 26.8. The van der Waals surface area contributed by atoms with Gasteiger partial charge in [-0.3, -0.25) is 0 Å². The lowest BCUT2D eigenvalue weighted by Crippen LogP contribution is -2.50. The van der Waals surface area contributed by atoms with E-state index in [4.69, 9.17) is 28.3 Å². The molecule has 2 aromatic heterocycles. The van der Waals surface area contributed by atoms with Crippen molar-refractivity contribution in [1.29, 1.82) is 0 Å². The summed E-state index contributed by atoms with van der Waals surface area (Å²) < 4.78 is 66.1. The molecule has 4 aromatic rings. The molecule has 14 heteroatoms. The fourth-order valence-electron chi connectivity index (χ4n) is 5.28. The summed E-state index contributed by atoms with van der Waals surface area (Å²) in [5.41, 5.74) is 3.08. The molecule has 0 N–H and O–H groups in total. The average molecular weight is 583 g/mol. The van der Waals surface area contributed by atoms with Crippen molar-refractivity contribution >= 4 is 50.1 Å². The minimum Gasteiger partial charge on any atom is -0.349 e. The molecule has 8 nitrogen and oxygen atoms in total. The van der Waals surface area contributed by atoms with E-state index in [9.17, 15) is 21.6 Å². The van der Waals surface area contributed by atoms with Crippen molar-refractivity contribution in [2.75, 3.05) is 23.7 Å². The molecule has 2 bridgehead atoms. The lowest BCUT2D eigenvalue weighted by molar-refractivity contribution is -0.107. The quantitative estimate of drug-likeness (QED) is 0.331. The van der Waals surface area contributed by atoms with Gasteiger partial charge >= 0.3 is 6.18 Å². The fourth-order valence-corrected chi connectivity index (χ4v) is 7.21. The molecule has 0 saturated carbocycles. The predicted molar refractivity (Wildman–Crippen MR) is 138 cm³/mol. The largest absolute Gasteiger partial charge is 0.404 e. The third-order valence-corrected chi connectivity index (χ3v) is 9.23. The molecule has 0 spiro atoms. The second-order valence-electron chi connectivity index (χ2n) is 9.25. The highest BCUT2D eigenvalue weighted by Gasteiger charge is 2.51. The number of nitrogens with zero attached hydrogens (tertiary/aromatic N) is 6. The highest BCUT2D eigenvalue weighted by atomic mass is 35.5. The maximum Gasteiger partial charge on any atom is 0.404 e. The molecule has 0 amide bonds. The Bertz CT molecular complexity index is 1650. The molecule has 2 atom stereocenters. The zero-order valence-corrected chi connectivity index (χ0v) is 21.8. The molecule has 2 aromatic carbocycles. The van der Waals surface area contributed by atoms with Crippen molar-refractivity contribution in [3.8, 4) is 16.9 Å². The van der Waals surface area contributed by atoms with Gasteiger partial charge in [0.25, 0.3) is 0 Å². The Morgan fingerprint density at radius 3 is 2.34 bits per heavy atom. The van der Waals surface area contributed by atoms with Gasteiger partial charge in [-0.2, -0.15) is 22.6 Å². The van der Waals surface area contributed by atoms with Gasteiger partial charge in [0.15, 0.2) is 17.1 Å². The third kappa shape index (κ3) is 4.39. The van der Waals surface area contributed by atoms with E-state index in [-0.39, 0.29) is 19.1 Å². The molecule has 4 heterocycles. The first-order valence-corrected chi connectivity index (χ1v) is 14.0. The number of halogens is 5. The van der Waals surface area contributed by atoms with E-state index < -0.39 is 28.0 Å². The van der Waals surface area contributed by atoms with E-state index in [0.29, 0.717) is 44.7 Å². The van der Waals surface area contributed by atoms with Gasteiger partial charge in [0.2, 0.25) is 10.0 Å². The number of hydrogen-bond acceptors (Lipinski definition) is 6. The highest BCUT2D eigenvalue weighted by molar-refractivity contribution is 7.89. The first kappa shape index (κ1) is 25.4. The van der Waals surface area contributed by atoms with Gasteiger partial charge in [0.05, 0.1) is 10.7 Å². The lowest BCUT2D eigenvalue weighted by Gasteiger charge is -2.34. The Balaban J connectivity index is 1.43. The van der Waals surface area contributed by atoms with Crippen LogP contribution in [0.3, 0.4) is 0 Å². The van der Waals surface area contributed by atoms with Crippen molar-refractivity contribution in [1.82, 2.24) is 24.1 Å². The summed E-state index contributed by atoms with van der Waals surface area (Å²) in [6.07, 6.45) is -3.00. The predicted octanol–water partition coefficient (Wildman–Crippen LogP) is 4.94. The van der Waals surface area contributed by atoms with Crippen molar-refractivity contribution < 1.29 is 21.6 Å². The van der Waals surface area contributed by atoms with Crippen LogP contribution < -0.4 is 4.90 Å². The second kappa shape index (κ2) is 9.08. The molecule has 198 valence electrons. The molecule has 2 aliphatic heterocycles. The van der Waals surface area contributed by atoms with E-state index in [2.05, 4.69) is 9.97 Å². The first-order valence-electron chi connectivity index (χ1n) is 11.6. The van der Waals surface area contributed by atoms with Crippen LogP contribution in [-0.2, 0) is 10.0 Å². The maximum absolute atomic E-state index is 12.9. The van der Waals surface area contributed by atoms with Crippen LogP contribution in [-0.4, -0.2) is 69.6 Å². The molecule has 2 unspecified atom stereocenters. The van der Waals surface area contributed by atoms with Crippen LogP contribution in [0, 0.1) is 0 Å². The van der Waals surface area contributed by atoms with E-state index in [1.807, 2.05) is 35.2 Å². The van der Waals surface area contributed by atoms with E-state index in [1.165, 1.54) is 6.33 Å². The van der Waals surface area contributed by atoms with Crippen LogP contribution in [0.1, 0.15) is 6.42 Å². The van der Waals surface area contributed by atoms with Gasteiger partial charge in [0.1, 0.15) is 17.5 Å². The zero-order valence-electron chi connectivity index (χ0n) is 19.5. The van der Waals surface area contributed by atoms with Crippen molar-refractivity contribution in [3.05, 3.63) is 64.9 Å². The Hall–Kier alpha value is -2.93. The minimum atomic E-state index is -4.80. The summed E-state index contributed by atoms with van der Waals surface area (Å²) >= 11 is 12.6. The average Bonchev–Trinajstić information content (AvgIpc) is 3.56. The summed E-state index contributed by atoms with van der Waals surface area (Å²) in [4.78, 5) is 10.9. The van der Waals surface area contributed by atoms with Crippen LogP contribution in [0.4, 0.5) is 19.0 Å². The fraction of sp³-hybridized carbons (Fsp3) is 0.292. The Morgan fingerprint density at radius 2 is 1.68 bits per heavy atom. The molecule has 0 aliphatic carbocycles. The maximum atomic E-state index is 12.9. The number of fused-ring (bicyclic) bond motifs is 3. The molecule has 2 aliphatic rings. The summed E-state index contributed by atoms with van der Waals surface area (Å²) in [6, 6.07) is 13.5. The van der Waals surface area contributed by atoms with Crippen LogP contribution in [0.2, 0.25) is 10.0 Å². The number of alkyl halides is 3. The third-order valence-electron chi connectivity index (χ3n) is 6.80. The highest BCUT2D eigenvalue weighted by Crippen LogP contribution is 2.41. The SMILES string of the molecule is O=S(=O)(CC(F)(F)F)N1CC2CC1CN2c1ncnc2c(-c3ccc(Cl)cc3)n(-c3ccccc3Cl)nc12. The molecule has 38 heavy (non-hydrogen) atoms. The number of rotatable bonds is 5. The van der Waals surface area contributed by atoms with Crippen molar-refractivity contribution in [2.45, 2.75) is 24.7 Å². The van der Waals surface area contributed by atoms with Crippen molar-refractivity contribution in [3.63, 3.8) is 0 Å². The first-order chi connectivity index (χ1) is 18.0. The standard InChI is InChI=1S/C24H19Cl2F3N6O2S/c25-15-7-5-14(6-8-15)22-20-21(32-35(22)19-4-2-1-3-18(19)26)23(31-13-30-20)33-10-17-9-16(33)11-34(17)38(36,37)12-24(27,28)29/h1-8,13,16-17H,9-12H2. The van der Waals surface area contributed by atoms with Gasteiger partial charge in [-0.25, -0.2) is 23.1 Å². The van der Waals surface area contributed by atoms with Gasteiger partial charge in [0, 0.05) is 35.8 Å². The summed E-state index contributed by atoms with van der Waals surface area (Å²) in [7, 11) is -4.48. The number of sulfonamides is 1. The molecule has 6 rings (SSSR count). The van der Waals surface area contributed by atoms with E-state index in [1.54, 1.807) is 22.9 Å². The summed E-state index contributed by atoms with van der Waals surface area (Å²) in [5.74, 6) is -1.38. The number of benzene rings is 2. The molecular formula is C24H19Cl2F3N6O2S. The molecular weight excluding hydrogens is 564 g/mol. The van der Waals surface area contributed by atoms with E-state index >= 15 is 0 Å². The van der Waals surface area contributed by atoms with Crippen LogP contribution in [0.15, 0.2) is 54.9 Å².